The van der Waals surface area contributed by atoms with Crippen LogP contribution in [0.15, 0.2) is 46.0 Å². The van der Waals surface area contributed by atoms with Gasteiger partial charge in [-0.25, -0.2) is 4.99 Å². The molecule has 148 valence electrons. The van der Waals surface area contributed by atoms with Crippen molar-refractivity contribution >= 4 is 29.9 Å². The van der Waals surface area contributed by atoms with Crippen molar-refractivity contribution in [2.75, 3.05) is 26.3 Å². The van der Waals surface area contributed by atoms with Crippen LogP contribution in [0.25, 0.3) is 0 Å². The lowest BCUT2D eigenvalue weighted by Crippen LogP contribution is -2.40. The third kappa shape index (κ3) is 7.18. The second-order valence-electron chi connectivity index (χ2n) is 6.96. The van der Waals surface area contributed by atoms with E-state index in [1.807, 2.05) is 12.1 Å². The molecule has 1 fully saturated rings. The van der Waals surface area contributed by atoms with Crippen LogP contribution in [0.3, 0.4) is 0 Å². The molecule has 2 aromatic rings. The highest BCUT2D eigenvalue weighted by atomic mass is 127. The number of nitrogens with zero attached hydrogens (tertiary/aromatic N) is 1. The van der Waals surface area contributed by atoms with Gasteiger partial charge in [-0.15, -0.1) is 24.0 Å². The number of rotatable bonds is 7. The molecule has 1 unspecified atom stereocenters. The summed E-state index contributed by atoms with van der Waals surface area (Å²) in [4.78, 5) is 4.79. The van der Waals surface area contributed by atoms with Crippen LogP contribution in [0.5, 0.6) is 0 Å². The number of nitrogens with one attached hydrogen (secondary N) is 2. The standard InChI is InChI=1S/C21H29N3O2.HI/c1-16-5-6-19(17(2)12-16)14-24-21(23-13-18-8-11-25-15-18)22-9-7-20-4-3-10-26-20;/h3-6,10,12,18H,7-9,11,13-15H2,1-2H3,(H2,22,23,24);1H. The van der Waals surface area contributed by atoms with E-state index in [4.69, 9.17) is 14.1 Å². The molecular formula is C21H30IN3O2. The van der Waals surface area contributed by atoms with E-state index in [0.717, 1.165) is 50.9 Å². The quantitative estimate of drug-likeness (QED) is 0.357. The lowest BCUT2D eigenvalue weighted by molar-refractivity contribution is 0.186. The Morgan fingerprint density at radius 3 is 2.81 bits per heavy atom. The third-order valence-corrected chi connectivity index (χ3v) is 4.73. The first-order valence-corrected chi connectivity index (χ1v) is 9.39. The van der Waals surface area contributed by atoms with Crippen molar-refractivity contribution in [3.05, 3.63) is 59.0 Å². The minimum Gasteiger partial charge on any atom is -0.469 e. The van der Waals surface area contributed by atoms with E-state index >= 15 is 0 Å². The van der Waals surface area contributed by atoms with Gasteiger partial charge in [0.1, 0.15) is 5.76 Å². The lowest BCUT2D eigenvalue weighted by Gasteiger charge is -2.15. The second-order valence-corrected chi connectivity index (χ2v) is 6.96. The van der Waals surface area contributed by atoms with Crippen molar-refractivity contribution in [1.29, 1.82) is 0 Å². The number of furan rings is 1. The summed E-state index contributed by atoms with van der Waals surface area (Å²) in [5.41, 5.74) is 3.83. The van der Waals surface area contributed by atoms with E-state index in [2.05, 4.69) is 42.7 Å². The first-order valence-electron chi connectivity index (χ1n) is 9.39. The smallest absolute Gasteiger partial charge is 0.191 e. The van der Waals surface area contributed by atoms with Crippen LogP contribution in [0, 0.1) is 19.8 Å². The fourth-order valence-electron chi connectivity index (χ4n) is 3.11. The number of hydrogen-bond donors (Lipinski definition) is 2. The minimum absolute atomic E-state index is 0. The van der Waals surface area contributed by atoms with Gasteiger partial charge in [0.15, 0.2) is 5.96 Å². The number of ether oxygens (including phenoxy) is 1. The molecule has 1 atom stereocenters. The molecule has 3 rings (SSSR count). The van der Waals surface area contributed by atoms with Crippen LogP contribution in [0.2, 0.25) is 0 Å². The fourth-order valence-corrected chi connectivity index (χ4v) is 3.11. The summed E-state index contributed by atoms with van der Waals surface area (Å²) in [7, 11) is 0. The molecule has 27 heavy (non-hydrogen) atoms. The first-order chi connectivity index (χ1) is 12.7. The summed E-state index contributed by atoms with van der Waals surface area (Å²) in [5, 5.41) is 6.89. The maximum atomic E-state index is 5.46. The van der Waals surface area contributed by atoms with Gasteiger partial charge in [-0.05, 0) is 43.5 Å². The molecule has 2 N–H and O–H groups in total. The summed E-state index contributed by atoms with van der Waals surface area (Å²) < 4.78 is 10.9. The van der Waals surface area contributed by atoms with Crippen molar-refractivity contribution in [2.45, 2.75) is 33.2 Å². The van der Waals surface area contributed by atoms with Gasteiger partial charge < -0.3 is 19.8 Å². The third-order valence-electron chi connectivity index (χ3n) is 4.73. The van der Waals surface area contributed by atoms with Crippen molar-refractivity contribution < 1.29 is 9.15 Å². The molecule has 0 saturated carbocycles. The van der Waals surface area contributed by atoms with E-state index in [-0.39, 0.29) is 24.0 Å². The van der Waals surface area contributed by atoms with Gasteiger partial charge in [0.2, 0.25) is 0 Å². The number of guanidine groups is 1. The Morgan fingerprint density at radius 2 is 2.11 bits per heavy atom. The number of benzene rings is 1. The fraction of sp³-hybridized carbons (Fsp3) is 0.476. The van der Waals surface area contributed by atoms with Crippen molar-refractivity contribution in [3.63, 3.8) is 0 Å². The van der Waals surface area contributed by atoms with E-state index in [9.17, 15) is 0 Å². The maximum Gasteiger partial charge on any atom is 0.191 e. The van der Waals surface area contributed by atoms with Crippen molar-refractivity contribution in [3.8, 4) is 0 Å². The molecule has 0 aliphatic carbocycles. The highest BCUT2D eigenvalue weighted by Gasteiger charge is 2.15. The monoisotopic (exact) mass is 483 g/mol. The Kier molecular flexibility index (Phi) is 9.14. The number of hydrogen-bond acceptors (Lipinski definition) is 3. The Hall–Kier alpha value is -1.54. The van der Waals surface area contributed by atoms with Gasteiger partial charge in [-0.2, -0.15) is 0 Å². The number of aliphatic imine (C=N–C) groups is 1. The van der Waals surface area contributed by atoms with Crippen LogP contribution < -0.4 is 10.6 Å². The Labute approximate surface area is 179 Å². The normalized spacial score (nSPS) is 16.8. The Bertz CT molecular complexity index is 710. The molecular weight excluding hydrogens is 453 g/mol. The van der Waals surface area contributed by atoms with Gasteiger partial charge in [-0.3, -0.25) is 0 Å². The average Bonchev–Trinajstić information content (AvgIpc) is 3.32. The molecule has 1 aromatic carbocycles. The summed E-state index contributed by atoms with van der Waals surface area (Å²) >= 11 is 0. The SMILES string of the molecule is Cc1ccc(CN=C(NCCc2ccco2)NCC2CCOC2)c(C)c1.I. The number of halogens is 1. The Morgan fingerprint density at radius 1 is 1.22 bits per heavy atom. The van der Waals surface area contributed by atoms with Crippen LogP contribution in [0.4, 0.5) is 0 Å². The molecule has 0 spiro atoms. The molecule has 2 heterocycles. The van der Waals surface area contributed by atoms with Gasteiger partial charge in [0, 0.05) is 32.0 Å². The van der Waals surface area contributed by atoms with E-state index < -0.39 is 0 Å². The van der Waals surface area contributed by atoms with Gasteiger partial charge in [-0.1, -0.05) is 23.8 Å². The summed E-state index contributed by atoms with van der Waals surface area (Å²) in [6.45, 7) is 8.31. The van der Waals surface area contributed by atoms with Gasteiger partial charge in [0.25, 0.3) is 0 Å². The van der Waals surface area contributed by atoms with E-state index in [0.29, 0.717) is 12.5 Å². The summed E-state index contributed by atoms with van der Waals surface area (Å²) in [6.07, 6.45) is 3.66. The summed E-state index contributed by atoms with van der Waals surface area (Å²) in [5.74, 6) is 2.40. The molecule has 0 radical (unpaired) electrons. The summed E-state index contributed by atoms with van der Waals surface area (Å²) in [6, 6.07) is 10.4. The first kappa shape index (κ1) is 21.8. The van der Waals surface area contributed by atoms with Gasteiger partial charge >= 0.3 is 0 Å². The highest BCUT2D eigenvalue weighted by Crippen LogP contribution is 2.12. The topological polar surface area (TPSA) is 58.8 Å². The number of aryl methyl sites for hydroxylation is 2. The van der Waals surface area contributed by atoms with E-state index in [1.165, 1.54) is 16.7 Å². The minimum atomic E-state index is 0. The zero-order valence-corrected chi connectivity index (χ0v) is 18.5. The van der Waals surface area contributed by atoms with Crippen LogP contribution >= 0.6 is 24.0 Å². The average molecular weight is 483 g/mol. The van der Waals surface area contributed by atoms with Crippen LogP contribution in [0.1, 0.15) is 28.9 Å². The molecule has 0 amide bonds. The van der Waals surface area contributed by atoms with Crippen LogP contribution in [-0.2, 0) is 17.7 Å². The predicted octanol–water partition coefficient (Wildman–Crippen LogP) is 3.83. The molecule has 1 aliphatic rings. The highest BCUT2D eigenvalue weighted by molar-refractivity contribution is 14.0. The molecule has 6 heteroatoms. The predicted molar refractivity (Wildman–Crippen MR) is 120 cm³/mol. The Balaban J connectivity index is 0.00000261. The van der Waals surface area contributed by atoms with Crippen molar-refractivity contribution in [1.82, 2.24) is 10.6 Å². The lowest BCUT2D eigenvalue weighted by atomic mass is 10.1. The van der Waals surface area contributed by atoms with Gasteiger partial charge in [0.05, 0.1) is 19.4 Å². The van der Waals surface area contributed by atoms with Crippen molar-refractivity contribution in [2.24, 2.45) is 10.9 Å². The molecule has 5 nitrogen and oxygen atoms in total. The maximum absolute atomic E-state index is 5.46. The zero-order valence-electron chi connectivity index (χ0n) is 16.2. The largest absolute Gasteiger partial charge is 0.469 e. The zero-order chi connectivity index (χ0) is 18.2. The molecule has 1 saturated heterocycles. The molecule has 1 aliphatic heterocycles. The molecule has 0 bridgehead atoms. The molecule has 1 aromatic heterocycles. The van der Waals surface area contributed by atoms with E-state index in [1.54, 1.807) is 6.26 Å². The van der Waals surface area contributed by atoms with Crippen LogP contribution in [-0.4, -0.2) is 32.3 Å². The second kappa shape index (κ2) is 11.3.